The summed E-state index contributed by atoms with van der Waals surface area (Å²) >= 11 is 1.45. The zero-order valence-corrected chi connectivity index (χ0v) is 14.2. The zero-order chi connectivity index (χ0) is 15.9. The SMILES string of the molecule is Cc1cc(C)c(OC(=O)c2nc3c(s2)CN(C)CC3)c(C)c1. The van der Waals surface area contributed by atoms with E-state index in [4.69, 9.17) is 4.74 Å². The van der Waals surface area contributed by atoms with Crippen LogP contribution < -0.4 is 4.74 Å². The Kier molecular flexibility index (Phi) is 4.02. The molecule has 2 heterocycles. The number of likely N-dealkylation sites (N-methyl/N-ethyl adjacent to an activating group) is 1. The van der Waals surface area contributed by atoms with Crippen LogP contribution >= 0.6 is 11.3 Å². The first-order chi connectivity index (χ1) is 10.4. The number of aromatic nitrogens is 1. The topological polar surface area (TPSA) is 42.4 Å². The summed E-state index contributed by atoms with van der Waals surface area (Å²) in [6.45, 7) is 7.82. The van der Waals surface area contributed by atoms with Crippen molar-refractivity contribution in [1.29, 1.82) is 0 Å². The molecule has 0 saturated carbocycles. The number of aryl methyl sites for hydroxylation is 3. The summed E-state index contributed by atoms with van der Waals surface area (Å²) in [5.41, 5.74) is 4.17. The Morgan fingerprint density at radius 1 is 1.27 bits per heavy atom. The van der Waals surface area contributed by atoms with Gasteiger partial charge in [-0.05, 0) is 38.9 Å². The molecule has 0 bridgehead atoms. The Morgan fingerprint density at radius 3 is 2.64 bits per heavy atom. The largest absolute Gasteiger partial charge is 0.421 e. The number of hydrogen-bond acceptors (Lipinski definition) is 5. The van der Waals surface area contributed by atoms with Crippen molar-refractivity contribution in [3.8, 4) is 5.75 Å². The number of carbonyl (C=O) groups is 1. The normalized spacial score (nSPS) is 14.7. The molecule has 4 nitrogen and oxygen atoms in total. The van der Waals surface area contributed by atoms with Crippen LogP contribution in [-0.4, -0.2) is 29.4 Å². The highest BCUT2D eigenvalue weighted by atomic mass is 32.1. The van der Waals surface area contributed by atoms with Crippen LogP contribution in [0.1, 0.15) is 37.1 Å². The summed E-state index contributed by atoms with van der Waals surface area (Å²) < 4.78 is 5.62. The molecule has 5 heteroatoms. The van der Waals surface area contributed by atoms with Crippen LogP contribution in [0.2, 0.25) is 0 Å². The van der Waals surface area contributed by atoms with E-state index in [2.05, 4.69) is 16.9 Å². The van der Waals surface area contributed by atoms with Crippen molar-refractivity contribution in [2.75, 3.05) is 13.6 Å². The highest BCUT2D eigenvalue weighted by molar-refractivity contribution is 7.13. The fourth-order valence-electron chi connectivity index (χ4n) is 2.87. The first-order valence-electron chi connectivity index (χ1n) is 7.41. The molecule has 0 radical (unpaired) electrons. The molecule has 2 aromatic rings. The van der Waals surface area contributed by atoms with E-state index in [9.17, 15) is 4.79 Å². The lowest BCUT2D eigenvalue weighted by Crippen LogP contribution is -2.25. The van der Waals surface area contributed by atoms with E-state index < -0.39 is 0 Å². The standard InChI is InChI=1S/C17H20N2O2S/c1-10-7-11(2)15(12(3)8-10)21-17(20)16-18-13-5-6-19(4)9-14(13)22-16/h7-8H,5-6,9H2,1-4H3. The lowest BCUT2D eigenvalue weighted by Gasteiger charge is -2.20. The zero-order valence-electron chi connectivity index (χ0n) is 13.4. The van der Waals surface area contributed by atoms with Crippen molar-refractivity contribution in [1.82, 2.24) is 9.88 Å². The molecule has 1 aromatic carbocycles. The summed E-state index contributed by atoms with van der Waals surface area (Å²) in [5, 5.41) is 0.458. The number of nitrogens with zero attached hydrogens (tertiary/aromatic N) is 2. The van der Waals surface area contributed by atoms with Crippen LogP contribution in [0.3, 0.4) is 0 Å². The van der Waals surface area contributed by atoms with E-state index in [-0.39, 0.29) is 5.97 Å². The van der Waals surface area contributed by atoms with Gasteiger partial charge in [-0.25, -0.2) is 9.78 Å². The highest BCUT2D eigenvalue weighted by Crippen LogP contribution is 2.28. The molecule has 0 saturated heterocycles. The molecule has 0 atom stereocenters. The monoisotopic (exact) mass is 316 g/mol. The molecule has 3 rings (SSSR count). The molecular weight excluding hydrogens is 296 g/mol. The minimum atomic E-state index is -0.350. The van der Waals surface area contributed by atoms with E-state index in [0.29, 0.717) is 10.8 Å². The van der Waals surface area contributed by atoms with E-state index in [1.807, 2.05) is 32.9 Å². The third kappa shape index (κ3) is 2.91. The molecule has 0 unspecified atom stereocenters. The van der Waals surface area contributed by atoms with Gasteiger partial charge in [-0.2, -0.15) is 0 Å². The van der Waals surface area contributed by atoms with Gasteiger partial charge in [0.2, 0.25) is 5.01 Å². The predicted molar refractivity (Wildman–Crippen MR) is 87.8 cm³/mol. The first-order valence-corrected chi connectivity index (χ1v) is 8.23. The van der Waals surface area contributed by atoms with E-state index in [0.717, 1.165) is 36.3 Å². The van der Waals surface area contributed by atoms with Crippen LogP contribution in [0.4, 0.5) is 0 Å². The van der Waals surface area contributed by atoms with E-state index in [1.54, 1.807) is 0 Å². The number of fused-ring (bicyclic) bond motifs is 1. The molecule has 0 N–H and O–H groups in total. The van der Waals surface area contributed by atoms with Crippen molar-refractivity contribution in [2.45, 2.75) is 33.7 Å². The van der Waals surface area contributed by atoms with Crippen molar-refractivity contribution in [3.05, 3.63) is 44.4 Å². The van der Waals surface area contributed by atoms with Gasteiger partial charge in [0.15, 0.2) is 0 Å². The average molecular weight is 316 g/mol. The van der Waals surface area contributed by atoms with Crippen molar-refractivity contribution in [3.63, 3.8) is 0 Å². The molecule has 0 fully saturated rings. The van der Waals surface area contributed by atoms with Gasteiger partial charge in [0.05, 0.1) is 5.69 Å². The van der Waals surface area contributed by atoms with Gasteiger partial charge in [-0.15, -0.1) is 11.3 Å². The predicted octanol–water partition coefficient (Wildman–Crippen LogP) is 3.28. The van der Waals surface area contributed by atoms with Crippen molar-refractivity contribution < 1.29 is 9.53 Å². The Labute approximate surface area is 134 Å². The van der Waals surface area contributed by atoms with Crippen molar-refractivity contribution >= 4 is 17.3 Å². The van der Waals surface area contributed by atoms with Crippen molar-refractivity contribution in [2.24, 2.45) is 0 Å². The quantitative estimate of drug-likeness (QED) is 0.630. The minimum absolute atomic E-state index is 0.350. The number of rotatable bonds is 2. The number of hydrogen-bond donors (Lipinski definition) is 0. The van der Waals surface area contributed by atoms with E-state index in [1.165, 1.54) is 21.8 Å². The van der Waals surface area contributed by atoms with Crippen LogP contribution in [0.15, 0.2) is 12.1 Å². The van der Waals surface area contributed by atoms with Crippen LogP contribution in [0, 0.1) is 20.8 Å². The van der Waals surface area contributed by atoms with Gasteiger partial charge in [-0.3, -0.25) is 0 Å². The molecule has 0 spiro atoms. The molecule has 1 aliphatic rings. The van der Waals surface area contributed by atoms with Crippen LogP contribution in [-0.2, 0) is 13.0 Å². The van der Waals surface area contributed by atoms with Gasteiger partial charge >= 0.3 is 5.97 Å². The molecule has 22 heavy (non-hydrogen) atoms. The smallest absolute Gasteiger partial charge is 0.372 e. The molecule has 0 amide bonds. The summed E-state index contributed by atoms with van der Waals surface area (Å²) in [4.78, 5) is 20.3. The highest BCUT2D eigenvalue weighted by Gasteiger charge is 2.23. The fraction of sp³-hybridized carbons (Fsp3) is 0.412. The molecule has 1 aromatic heterocycles. The average Bonchev–Trinajstić information content (AvgIpc) is 2.85. The van der Waals surface area contributed by atoms with Crippen LogP contribution in [0.25, 0.3) is 0 Å². The molecule has 116 valence electrons. The molecule has 0 aliphatic carbocycles. The summed E-state index contributed by atoms with van der Waals surface area (Å²) in [7, 11) is 2.08. The first kappa shape index (κ1) is 15.2. The Balaban J connectivity index is 1.84. The third-order valence-electron chi connectivity index (χ3n) is 3.90. The minimum Gasteiger partial charge on any atom is -0.421 e. The van der Waals surface area contributed by atoms with Gasteiger partial charge in [0, 0.05) is 24.4 Å². The summed E-state index contributed by atoms with van der Waals surface area (Å²) in [6.07, 6.45) is 0.901. The van der Waals surface area contributed by atoms with E-state index >= 15 is 0 Å². The lowest BCUT2D eigenvalue weighted by molar-refractivity contribution is 0.0731. The van der Waals surface area contributed by atoms with Gasteiger partial charge < -0.3 is 9.64 Å². The van der Waals surface area contributed by atoms with Gasteiger partial charge in [-0.1, -0.05) is 17.7 Å². The number of thiazole rings is 1. The number of carbonyl (C=O) groups excluding carboxylic acids is 1. The van der Waals surface area contributed by atoms with Gasteiger partial charge in [0.1, 0.15) is 5.75 Å². The fourth-order valence-corrected chi connectivity index (χ4v) is 3.94. The van der Waals surface area contributed by atoms with Gasteiger partial charge in [0.25, 0.3) is 0 Å². The molecular formula is C17H20N2O2S. The maximum Gasteiger partial charge on any atom is 0.372 e. The second kappa shape index (κ2) is 5.82. The lowest BCUT2D eigenvalue weighted by atomic mass is 10.1. The second-order valence-corrected chi connectivity index (χ2v) is 7.08. The maximum absolute atomic E-state index is 12.4. The second-order valence-electron chi connectivity index (χ2n) is 5.99. The summed E-state index contributed by atoms with van der Waals surface area (Å²) in [5.74, 6) is 0.304. The van der Waals surface area contributed by atoms with Crippen LogP contribution in [0.5, 0.6) is 5.75 Å². The summed E-state index contributed by atoms with van der Waals surface area (Å²) in [6, 6.07) is 4.05. The Bertz CT molecular complexity index is 713. The Hall–Kier alpha value is -1.72. The number of benzene rings is 1. The number of ether oxygens (including phenoxy) is 1. The number of esters is 1. The maximum atomic E-state index is 12.4. The molecule has 1 aliphatic heterocycles. The third-order valence-corrected chi connectivity index (χ3v) is 4.96. The Morgan fingerprint density at radius 2 is 1.95 bits per heavy atom.